The fourth-order valence-electron chi connectivity index (χ4n) is 1.49. The number of hydrogen-bond acceptors (Lipinski definition) is 4. The molecule has 0 saturated carbocycles. The van der Waals surface area contributed by atoms with E-state index in [0.29, 0.717) is 6.54 Å². The first-order valence-corrected chi connectivity index (χ1v) is 5.17. The van der Waals surface area contributed by atoms with Gasteiger partial charge in [0.05, 0.1) is 12.3 Å². The maximum absolute atomic E-state index is 13.2. The average molecular weight is 232 g/mol. The first kappa shape index (κ1) is 10.6. The van der Waals surface area contributed by atoms with Crippen molar-refractivity contribution in [2.45, 2.75) is 18.9 Å². The van der Waals surface area contributed by atoms with Crippen molar-refractivity contribution in [2.75, 3.05) is 18.5 Å². The molecule has 1 fully saturated rings. The van der Waals surface area contributed by atoms with Crippen molar-refractivity contribution in [3.63, 3.8) is 0 Å². The highest BCUT2D eigenvalue weighted by Crippen LogP contribution is 2.15. The van der Waals surface area contributed by atoms with E-state index in [0.717, 1.165) is 25.6 Å². The Hall–Kier alpha value is -0.940. The minimum absolute atomic E-state index is 0.0336. The minimum atomic E-state index is -0.502. The lowest BCUT2D eigenvalue weighted by Crippen LogP contribution is -2.19. The van der Waals surface area contributed by atoms with Gasteiger partial charge in [0.2, 0.25) is 5.28 Å². The third-order valence-electron chi connectivity index (χ3n) is 2.24. The van der Waals surface area contributed by atoms with Crippen molar-refractivity contribution < 1.29 is 9.13 Å². The van der Waals surface area contributed by atoms with Gasteiger partial charge in [0.15, 0.2) is 11.6 Å². The maximum atomic E-state index is 13.2. The summed E-state index contributed by atoms with van der Waals surface area (Å²) in [5, 5.41) is 2.89. The molecule has 4 nitrogen and oxygen atoms in total. The Kier molecular flexibility index (Phi) is 3.33. The molecule has 0 amide bonds. The molecule has 0 aromatic carbocycles. The number of halogens is 2. The van der Waals surface area contributed by atoms with Crippen molar-refractivity contribution in [3.05, 3.63) is 17.3 Å². The monoisotopic (exact) mass is 231 g/mol. The van der Waals surface area contributed by atoms with E-state index >= 15 is 0 Å². The SMILES string of the molecule is Fc1cnc(Cl)nc1NCC1CCCO1. The van der Waals surface area contributed by atoms with Crippen LogP contribution in [0.5, 0.6) is 0 Å². The molecule has 1 aliphatic rings. The molecule has 1 aliphatic heterocycles. The number of aromatic nitrogens is 2. The standard InChI is InChI=1S/C9H11ClFN3O/c10-9-13-5-7(11)8(14-9)12-4-6-2-1-3-15-6/h5-6H,1-4H2,(H,12,13,14). The number of rotatable bonds is 3. The van der Waals surface area contributed by atoms with Gasteiger partial charge in [-0.2, -0.15) is 4.98 Å². The Bertz CT molecular complexity index is 344. The molecule has 1 atom stereocenters. The number of anilines is 1. The molecule has 6 heteroatoms. The predicted octanol–water partition coefficient (Wildman–Crippen LogP) is 1.86. The Morgan fingerprint density at radius 1 is 1.67 bits per heavy atom. The van der Waals surface area contributed by atoms with Crippen LogP contribution in [0.2, 0.25) is 5.28 Å². The maximum Gasteiger partial charge on any atom is 0.224 e. The summed E-state index contributed by atoms with van der Waals surface area (Å²) >= 11 is 5.55. The summed E-state index contributed by atoms with van der Waals surface area (Å²) in [4.78, 5) is 7.27. The lowest BCUT2D eigenvalue weighted by molar-refractivity contribution is 0.120. The van der Waals surface area contributed by atoms with E-state index in [2.05, 4.69) is 15.3 Å². The molecular weight excluding hydrogens is 221 g/mol. The second-order valence-electron chi connectivity index (χ2n) is 3.35. The Balaban J connectivity index is 1.94. The smallest absolute Gasteiger partial charge is 0.224 e. The molecule has 0 bridgehead atoms. The zero-order valence-corrected chi connectivity index (χ0v) is 8.80. The summed E-state index contributed by atoms with van der Waals surface area (Å²) in [6, 6.07) is 0. The molecule has 1 saturated heterocycles. The number of nitrogens with zero attached hydrogens (tertiary/aromatic N) is 2. The Morgan fingerprint density at radius 3 is 3.27 bits per heavy atom. The largest absolute Gasteiger partial charge is 0.376 e. The molecule has 1 aromatic heterocycles. The van der Waals surface area contributed by atoms with E-state index < -0.39 is 5.82 Å². The molecule has 2 rings (SSSR count). The summed E-state index contributed by atoms with van der Waals surface area (Å²) in [6.45, 7) is 1.32. The highest BCUT2D eigenvalue weighted by atomic mass is 35.5. The number of nitrogens with one attached hydrogen (secondary N) is 1. The van der Waals surface area contributed by atoms with Crippen molar-refractivity contribution in [2.24, 2.45) is 0 Å². The second kappa shape index (κ2) is 4.72. The molecule has 1 N–H and O–H groups in total. The minimum Gasteiger partial charge on any atom is -0.376 e. The first-order valence-electron chi connectivity index (χ1n) is 4.79. The van der Waals surface area contributed by atoms with Gasteiger partial charge >= 0.3 is 0 Å². The van der Waals surface area contributed by atoms with Crippen LogP contribution in [-0.4, -0.2) is 29.2 Å². The highest BCUT2D eigenvalue weighted by Gasteiger charge is 2.16. The summed E-state index contributed by atoms with van der Waals surface area (Å²) < 4.78 is 18.5. The molecule has 2 heterocycles. The van der Waals surface area contributed by atoms with Crippen LogP contribution in [0.4, 0.5) is 10.2 Å². The van der Waals surface area contributed by atoms with Crippen LogP contribution >= 0.6 is 11.6 Å². The van der Waals surface area contributed by atoms with E-state index in [1.165, 1.54) is 0 Å². The second-order valence-corrected chi connectivity index (χ2v) is 3.69. The quantitative estimate of drug-likeness (QED) is 0.807. The van der Waals surface area contributed by atoms with Gasteiger partial charge in [-0.1, -0.05) is 0 Å². The van der Waals surface area contributed by atoms with Gasteiger partial charge in [-0.05, 0) is 24.4 Å². The van der Waals surface area contributed by atoms with Crippen molar-refractivity contribution >= 4 is 17.4 Å². The van der Waals surface area contributed by atoms with Gasteiger partial charge in [-0.3, -0.25) is 0 Å². The fraction of sp³-hybridized carbons (Fsp3) is 0.556. The topological polar surface area (TPSA) is 47.0 Å². The lowest BCUT2D eigenvalue weighted by Gasteiger charge is -2.11. The normalized spacial score (nSPS) is 20.5. The molecule has 82 valence electrons. The molecule has 0 radical (unpaired) electrons. The molecule has 0 spiro atoms. The van der Waals surface area contributed by atoms with E-state index in [9.17, 15) is 4.39 Å². The summed E-state index contributed by atoms with van der Waals surface area (Å²) in [5.41, 5.74) is 0. The van der Waals surface area contributed by atoms with Crippen LogP contribution in [-0.2, 0) is 4.74 Å². The van der Waals surface area contributed by atoms with Crippen LogP contribution < -0.4 is 5.32 Å². The van der Waals surface area contributed by atoms with Gasteiger partial charge in [0.25, 0.3) is 0 Å². The Labute approximate surface area is 91.8 Å². The third-order valence-corrected chi connectivity index (χ3v) is 2.42. The third kappa shape index (κ3) is 2.76. The lowest BCUT2D eigenvalue weighted by atomic mass is 10.2. The summed E-state index contributed by atoms with van der Waals surface area (Å²) in [7, 11) is 0. The Morgan fingerprint density at radius 2 is 2.53 bits per heavy atom. The van der Waals surface area contributed by atoms with Gasteiger partial charge in [-0.15, -0.1) is 0 Å². The predicted molar refractivity (Wildman–Crippen MR) is 54.5 cm³/mol. The van der Waals surface area contributed by atoms with Crippen LogP contribution in [0.25, 0.3) is 0 Å². The van der Waals surface area contributed by atoms with E-state index in [1.54, 1.807) is 0 Å². The van der Waals surface area contributed by atoms with Crippen molar-refractivity contribution in [1.29, 1.82) is 0 Å². The molecule has 15 heavy (non-hydrogen) atoms. The van der Waals surface area contributed by atoms with Crippen LogP contribution in [0.3, 0.4) is 0 Å². The van der Waals surface area contributed by atoms with Gasteiger partial charge in [0, 0.05) is 13.2 Å². The fourth-order valence-corrected chi connectivity index (χ4v) is 1.62. The molecule has 1 unspecified atom stereocenters. The molecular formula is C9H11ClFN3O. The summed E-state index contributed by atoms with van der Waals surface area (Å²) in [6.07, 6.45) is 3.23. The molecule has 0 aliphatic carbocycles. The average Bonchev–Trinajstić information content (AvgIpc) is 2.72. The zero-order valence-electron chi connectivity index (χ0n) is 8.04. The van der Waals surface area contributed by atoms with E-state index in [-0.39, 0.29) is 17.2 Å². The van der Waals surface area contributed by atoms with Crippen LogP contribution in [0, 0.1) is 5.82 Å². The van der Waals surface area contributed by atoms with Crippen molar-refractivity contribution in [1.82, 2.24) is 9.97 Å². The van der Waals surface area contributed by atoms with E-state index in [1.807, 2.05) is 0 Å². The highest BCUT2D eigenvalue weighted by molar-refractivity contribution is 6.28. The zero-order chi connectivity index (χ0) is 10.7. The van der Waals surface area contributed by atoms with E-state index in [4.69, 9.17) is 16.3 Å². The number of hydrogen-bond donors (Lipinski definition) is 1. The first-order chi connectivity index (χ1) is 7.25. The molecule has 1 aromatic rings. The van der Waals surface area contributed by atoms with Gasteiger partial charge in [-0.25, -0.2) is 9.37 Å². The summed E-state index contributed by atoms with van der Waals surface area (Å²) in [5.74, 6) is -0.372. The van der Waals surface area contributed by atoms with Gasteiger partial charge < -0.3 is 10.1 Å². The van der Waals surface area contributed by atoms with Crippen LogP contribution in [0.15, 0.2) is 6.20 Å². The van der Waals surface area contributed by atoms with Gasteiger partial charge in [0.1, 0.15) is 0 Å². The number of ether oxygens (including phenoxy) is 1. The van der Waals surface area contributed by atoms with Crippen molar-refractivity contribution in [3.8, 4) is 0 Å². The van der Waals surface area contributed by atoms with Crippen LogP contribution in [0.1, 0.15) is 12.8 Å².